The Balaban J connectivity index is 2.22. The summed E-state index contributed by atoms with van der Waals surface area (Å²) in [5.41, 5.74) is 3.40. The van der Waals surface area contributed by atoms with Crippen molar-refractivity contribution < 1.29 is 0 Å². The number of fused-ring (bicyclic) bond motifs is 1. The minimum absolute atomic E-state index is 0.141. The number of nitroso groups, excluding NO2 is 1. The molecule has 3 aromatic rings. The number of nitrogens with zero attached hydrogens (tertiary/aromatic N) is 4. The molecular formula is C13H10N4O. The smallest absolute Gasteiger partial charge is 0.273 e. The minimum atomic E-state index is 0.141. The Bertz CT molecular complexity index is 718. The van der Waals surface area contributed by atoms with Crippen LogP contribution in [0, 0.1) is 4.91 Å². The molecule has 18 heavy (non-hydrogen) atoms. The lowest BCUT2D eigenvalue weighted by Gasteiger charge is -2.01. The zero-order chi connectivity index (χ0) is 12.5. The van der Waals surface area contributed by atoms with Crippen molar-refractivity contribution in [1.82, 2.24) is 14.5 Å². The normalized spacial score (nSPS) is 10.7. The Kier molecular flexibility index (Phi) is 2.37. The summed E-state index contributed by atoms with van der Waals surface area (Å²) in [7, 11) is 1.75. The summed E-state index contributed by atoms with van der Waals surface area (Å²) in [6.45, 7) is 0. The molecule has 0 saturated heterocycles. The number of benzene rings is 1. The molecule has 88 valence electrons. The highest BCUT2D eigenvalue weighted by Gasteiger charge is 2.10. The summed E-state index contributed by atoms with van der Waals surface area (Å²) in [6, 6.07) is 11.9. The summed E-state index contributed by atoms with van der Waals surface area (Å²) < 4.78 is 1.64. The highest BCUT2D eigenvalue weighted by Crippen LogP contribution is 2.24. The van der Waals surface area contributed by atoms with Crippen LogP contribution in [0.1, 0.15) is 0 Å². The Morgan fingerprint density at radius 1 is 1.17 bits per heavy atom. The van der Waals surface area contributed by atoms with E-state index in [1.807, 2.05) is 36.4 Å². The standard InChI is InChI=1S/C13H10N4O/c1-17-11-7-10(9-5-3-2-4-6-9)8-14-12(11)15-13(17)16-18/h2-8H,1H3. The molecule has 2 heterocycles. The quantitative estimate of drug-likeness (QED) is 0.645. The van der Waals surface area contributed by atoms with Gasteiger partial charge in [0, 0.05) is 24.0 Å². The minimum Gasteiger partial charge on any atom is -0.307 e. The van der Waals surface area contributed by atoms with Crippen LogP contribution < -0.4 is 0 Å². The summed E-state index contributed by atoms with van der Waals surface area (Å²) >= 11 is 0. The van der Waals surface area contributed by atoms with E-state index in [1.165, 1.54) is 0 Å². The first-order valence-corrected chi connectivity index (χ1v) is 5.51. The van der Waals surface area contributed by atoms with Gasteiger partial charge in [-0.15, -0.1) is 4.91 Å². The van der Waals surface area contributed by atoms with Crippen LogP contribution in [-0.2, 0) is 7.05 Å². The van der Waals surface area contributed by atoms with Gasteiger partial charge in [-0.2, -0.15) is 4.98 Å². The Hall–Kier alpha value is -2.56. The summed E-state index contributed by atoms with van der Waals surface area (Å²) in [4.78, 5) is 18.9. The van der Waals surface area contributed by atoms with E-state index in [0.717, 1.165) is 16.6 Å². The molecular weight excluding hydrogens is 228 g/mol. The fourth-order valence-electron chi connectivity index (χ4n) is 1.93. The lowest BCUT2D eigenvalue weighted by atomic mass is 10.1. The maximum absolute atomic E-state index is 10.6. The predicted molar refractivity (Wildman–Crippen MR) is 69.4 cm³/mol. The van der Waals surface area contributed by atoms with Crippen LogP contribution in [0.3, 0.4) is 0 Å². The molecule has 0 saturated carbocycles. The highest BCUT2D eigenvalue weighted by molar-refractivity contribution is 5.80. The number of hydrogen-bond donors (Lipinski definition) is 0. The average Bonchev–Trinajstić information content (AvgIpc) is 2.76. The van der Waals surface area contributed by atoms with Crippen molar-refractivity contribution in [2.24, 2.45) is 12.2 Å². The molecule has 2 aromatic heterocycles. The number of aromatic nitrogens is 3. The molecule has 0 spiro atoms. The van der Waals surface area contributed by atoms with Gasteiger partial charge in [0.25, 0.3) is 5.95 Å². The van der Waals surface area contributed by atoms with E-state index in [9.17, 15) is 4.91 Å². The van der Waals surface area contributed by atoms with Gasteiger partial charge in [-0.05, 0) is 11.6 Å². The number of rotatable bonds is 2. The van der Waals surface area contributed by atoms with Gasteiger partial charge in [0.1, 0.15) is 0 Å². The maximum atomic E-state index is 10.6. The molecule has 0 bridgehead atoms. The molecule has 1 aromatic carbocycles. The van der Waals surface area contributed by atoms with Crippen LogP contribution in [0.25, 0.3) is 22.3 Å². The van der Waals surface area contributed by atoms with Crippen molar-refractivity contribution in [3.8, 4) is 11.1 Å². The first-order chi connectivity index (χ1) is 8.79. The van der Waals surface area contributed by atoms with Crippen LogP contribution >= 0.6 is 0 Å². The van der Waals surface area contributed by atoms with Crippen LogP contribution in [-0.4, -0.2) is 14.5 Å². The number of hydrogen-bond acceptors (Lipinski definition) is 4. The SMILES string of the molecule is Cn1c(N=O)nc2ncc(-c3ccccc3)cc21. The van der Waals surface area contributed by atoms with E-state index in [2.05, 4.69) is 15.1 Å². The largest absolute Gasteiger partial charge is 0.307 e. The van der Waals surface area contributed by atoms with Gasteiger partial charge in [-0.1, -0.05) is 30.3 Å². The molecule has 0 unspecified atom stereocenters. The van der Waals surface area contributed by atoms with Gasteiger partial charge in [-0.3, -0.25) is 0 Å². The molecule has 0 fully saturated rings. The Morgan fingerprint density at radius 3 is 2.67 bits per heavy atom. The molecule has 0 N–H and O–H groups in total. The van der Waals surface area contributed by atoms with Gasteiger partial charge in [0.05, 0.1) is 5.52 Å². The zero-order valence-electron chi connectivity index (χ0n) is 9.74. The second-order valence-electron chi connectivity index (χ2n) is 3.99. The van der Waals surface area contributed by atoms with Crippen molar-refractivity contribution in [2.45, 2.75) is 0 Å². The third-order valence-corrected chi connectivity index (χ3v) is 2.90. The first-order valence-electron chi connectivity index (χ1n) is 5.51. The molecule has 3 rings (SSSR count). The second kappa shape index (κ2) is 4.03. The monoisotopic (exact) mass is 238 g/mol. The van der Waals surface area contributed by atoms with Crippen molar-refractivity contribution in [1.29, 1.82) is 0 Å². The van der Waals surface area contributed by atoms with Crippen molar-refractivity contribution in [2.75, 3.05) is 0 Å². The zero-order valence-corrected chi connectivity index (χ0v) is 9.74. The molecule has 0 aliphatic heterocycles. The number of pyridine rings is 1. The highest BCUT2D eigenvalue weighted by atomic mass is 16.3. The van der Waals surface area contributed by atoms with Gasteiger partial charge in [0.15, 0.2) is 5.65 Å². The molecule has 0 aliphatic carbocycles. The molecule has 0 radical (unpaired) electrons. The van der Waals surface area contributed by atoms with Gasteiger partial charge in [-0.25, -0.2) is 4.98 Å². The number of aryl methyl sites for hydroxylation is 1. The van der Waals surface area contributed by atoms with Gasteiger partial charge >= 0.3 is 0 Å². The lowest BCUT2D eigenvalue weighted by Crippen LogP contribution is -1.87. The van der Waals surface area contributed by atoms with Crippen LogP contribution in [0.5, 0.6) is 0 Å². The third-order valence-electron chi connectivity index (χ3n) is 2.90. The summed E-state index contributed by atoms with van der Waals surface area (Å²) in [5, 5.41) is 2.87. The van der Waals surface area contributed by atoms with Crippen LogP contribution in [0.15, 0.2) is 47.8 Å². The van der Waals surface area contributed by atoms with Crippen LogP contribution in [0.2, 0.25) is 0 Å². The van der Waals surface area contributed by atoms with Crippen molar-refractivity contribution >= 4 is 17.1 Å². The van der Waals surface area contributed by atoms with E-state index in [1.54, 1.807) is 17.8 Å². The van der Waals surface area contributed by atoms with E-state index in [4.69, 9.17) is 0 Å². The van der Waals surface area contributed by atoms with Gasteiger partial charge < -0.3 is 4.57 Å². The average molecular weight is 238 g/mol. The molecule has 0 aliphatic rings. The third kappa shape index (κ3) is 1.57. The summed E-state index contributed by atoms with van der Waals surface area (Å²) in [6.07, 6.45) is 1.75. The van der Waals surface area contributed by atoms with E-state index in [-0.39, 0.29) is 5.95 Å². The fraction of sp³-hybridized carbons (Fsp3) is 0.0769. The second-order valence-corrected chi connectivity index (χ2v) is 3.99. The topological polar surface area (TPSA) is 60.1 Å². The van der Waals surface area contributed by atoms with E-state index >= 15 is 0 Å². The molecule has 0 amide bonds. The summed E-state index contributed by atoms with van der Waals surface area (Å²) in [5.74, 6) is 0.141. The van der Waals surface area contributed by atoms with Crippen molar-refractivity contribution in [3.05, 3.63) is 47.5 Å². The maximum Gasteiger partial charge on any atom is 0.273 e. The van der Waals surface area contributed by atoms with Gasteiger partial charge in [0.2, 0.25) is 0 Å². The number of imidazole rings is 1. The van der Waals surface area contributed by atoms with E-state index < -0.39 is 0 Å². The van der Waals surface area contributed by atoms with Crippen LogP contribution in [0.4, 0.5) is 5.95 Å². The van der Waals surface area contributed by atoms with Crippen molar-refractivity contribution in [3.63, 3.8) is 0 Å². The Labute approximate surface area is 103 Å². The first kappa shape index (κ1) is 10.6. The van der Waals surface area contributed by atoms with E-state index in [0.29, 0.717) is 5.65 Å². The molecule has 5 nitrogen and oxygen atoms in total. The molecule has 0 atom stereocenters. The Morgan fingerprint density at radius 2 is 1.94 bits per heavy atom. The fourth-order valence-corrected chi connectivity index (χ4v) is 1.93. The molecule has 5 heteroatoms. The lowest BCUT2D eigenvalue weighted by molar-refractivity contribution is 0.941. The predicted octanol–water partition coefficient (Wildman–Crippen LogP) is 3.03.